The highest BCUT2D eigenvalue weighted by molar-refractivity contribution is 7.26. The molecule has 12 heteroatoms. The van der Waals surface area contributed by atoms with E-state index < -0.39 is 5.97 Å². The first kappa shape index (κ1) is 63.2. The summed E-state index contributed by atoms with van der Waals surface area (Å²) in [6, 6.07) is 53.5. The van der Waals surface area contributed by atoms with Gasteiger partial charge in [-0.15, -0.1) is 40.4 Å². The maximum absolute atomic E-state index is 11.7. The largest absolute Gasteiger partial charge is 0.477 e. The minimum absolute atomic E-state index is 0.184. The smallest absolute Gasteiger partial charge is 0.346 e. The number of benzene rings is 6. The van der Waals surface area contributed by atoms with Gasteiger partial charge in [0.25, 0.3) is 0 Å². The number of hydrogen-bond donors (Lipinski definition) is 1. The van der Waals surface area contributed by atoms with E-state index in [9.17, 15) is 15.2 Å². The zero-order chi connectivity index (χ0) is 63.6. The number of aromatic nitrogens is 2. The Morgan fingerprint density at radius 1 is 0.626 bits per heavy atom. The SMILES string of the molecule is C#CC#CC#COc1cc(C)ccc1-c1ccc(N(c2ccc(-c3cc4c(s3)-c3sc(-c5ccc(-c6ccc(/C=C(\C#N)C(=O)O)s6)c6nsnc56)cc3C4(CC(CC)CCCC)CC(CC)CCCC)cc2)c2ccc(-c3ccc(OC#C)cc3C)cc2)cc1. The minimum atomic E-state index is -1.25. The molecule has 11 rings (SSSR count). The second-order valence-electron chi connectivity index (χ2n) is 23.2. The lowest BCUT2D eigenvalue weighted by Gasteiger charge is -2.37. The van der Waals surface area contributed by atoms with Gasteiger partial charge in [0.1, 0.15) is 46.4 Å². The van der Waals surface area contributed by atoms with Crippen molar-refractivity contribution >= 4 is 85.9 Å². The van der Waals surface area contributed by atoms with Crippen LogP contribution in [0.25, 0.3) is 80.4 Å². The van der Waals surface area contributed by atoms with Crippen LogP contribution in [0.5, 0.6) is 11.5 Å². The van der Waals surface area contributed by atoms with Gasteiger partial charge in [-0.25, -0.2) is 4.79 Å². The summed E-state index contributed by atoms with van der Waals surface area (Å²) in [4.78, 5) is 20.8. The molecule has 91 heavy (non-hydrogen) atoms. The molecule has 1 aliphatic carbocycles. The third kappa shape index (κ3) is 13.4. The summed E-state index contributed by atoms with van der Waals surface area (Å²) in [6.45, 7) is 13.5. The number of nitriles is 1. The van der Waals surface area contributed by atoms with Crippen molar-refractivity contribution in [2.45, 2.75) is 111 Å². The number of ether oxygens (including phenoxy) is 2. The standard InChI is InChI=1S/C79H68N4O4S4/c1-9-15-18-19-42-87-70-43-51(7)22-37-65(70)56-25-31-60(32-26-56)83(59-29-23-55(24-30-59)64-38-35-62(86-14-6)44-52(64)8)61-33-27-57(28-34-61)72-46-68-76(89-72)77-69(79(68,48-53(12-4)20-16-10-2)49-54(13-5)21-17-11-3)47-73(90-77)67-40-39-66(74-75(67)82-91-81-74)71-41-36-63(88-71)45-58(50-80)78(84)85/h1,6,22-41,43-47,53-54H,10-13,16-17,20-21,48-49H2,2-5,7-8H3,(H,84,85)/b58-45+. The van der Waals surface area contributed by atoms with Crippen LogP contribution in [0.1, 0.15) is 119 Å². The average Bonchev–Trinajstić information content (AvgIpc) is 1.54. The van der Waals surface area contributed by atoms with E-state index in [0.29, 0.717) is 28.2 Å². The molecule has 452 valence electrons. The number of unbranched alkanes of at least 4 members (excludes halogenated alkanes) is 2. The van der Waals surface area contributed by atoms with Gasteiger partial charge < -0.3 is 19.5 Å². The molecule has 0 saturated heterocycles. The topological polar surface area (TPSA) is 109 Å². The van der Waals surface area contributed by atoms with Crippen molar-refractivity contribution < 1.29 is 19.4 Å². The van der Waals surface area contributed by atoms with Crippen molar-refractivity contribution in [3.8, 4) is 130 Å². The van der Waals surface area contributed by atoms with Crippen LogP contribution in [-0.2, 0) is 10.2 Å². The van der Waals surface area contributed by atoms with Crippen molar-refractivity contribution in [3.05, 3.63) is 178 Å². The number of carbonyl (C=O) groups is 1. The number of aryl methyl sites for hydroxylation is 2. The Kier molecular flexibility index (Phi) is 19.8. The second kappa shape index (κ2) is 28.6. The number of aliphatic carboxylic acids is 1. The fourth-order valence-electron chi connectivity index (χ4n) is 12.8. The lowest BCUT2D eigenvalue weighted by atomic mass is 9.65. The predicted octanol–water partition coefficient (Wildman–Crippen LogP) is 21.7. The molecule has 0 bridgehead atoms. The number of terminal acetylenes is 2. The molecule has 0 spiro atoms. The van der Waals surface area contributed by atoms with Gasteiger partial charge in [-0.1, -0.05) is 152 Å². The highest BCUT2D eigenvalue weighted by Gasteiger charge is 2.48. The van der Waals surface area contributed by atoms with Crippen LogP contribution < -0.4 is 14.4 Å². The highest BCUT2D eigenvalue weighted by Crippen LogP contribution is 2.63. The second-order valence-corrected chi connectivity index (χ2v) is 27.0. The van der Waals surface area contributed by atoms with E-state index >= 15 is 0 Å². The third-order valence-electron chi connectivity index (χ3n) is 17.5. The van der Waals surface area contributed by atoms with E-state index in [-0.39, 0.29) is 11.0 Å². The molecule has 4 heterocycles. The van der Waals surface area contributed by atoms with Gasteiger partial charge in [0, 0.05) is 80.3 Å². The molecule has 1 N–H and O–H groups in total. The molecule has 0 fully saturated rings. The molecule has 2 unspecified atom stereocenters. The quantitative estimate of drug-likeness (QED) is 0.0362. The zero-order valence-corrected chi connectivity index (χ0v) is 55.2. The highest BCUT2D eigenvalue weighted by atomic mass is 32.1. The van der Waals surface area contributed by atoms with Crippen LogP contribution >= 0.6 is 45.7 Å². The molecular weight excluding hydrogens is 1200 g/mol. The number of thiophene rings is 3. The van der Waals surface area contributed by atoms with Crippen LogP contribution in [0.2, 0.25) is 0 Å². The van der Waals surface area contributed by atoms with E-state index in [1.54, 1.807) is 6.07 Å². The van der Waals surface area contributed by atoms with Gasteiger partial charge >= 0.3 is 5.97 Å². The molecule has 6 aromatic carbocycles. The lowest BCUT2D eigenvalue weighted by molar-refractivity contribution is -0.132. The lowest BCUT2D eigenvalue weighted by Crippen LogP contribution is -2.31. The summed E-state index contributed by atoms with van der Waals surface area (Å²) < 4.78 is 21.2. The molecular formula is C79H68N4O4S4. The summed E-state index contributed by atoms with van der Waals surface area (Å²) in [6.07, 6.45) is 28.8. The van der Waals surface area contributed by atoms with Crippen molar-refractivity contribution in [3.63, 3.8) is 0 Å². The number of carboxylic acids is 1. The number of anilines is 3. The fourth-order valence-corrected chi connectivity index (χ4v) is 17.0. The number of nitrogens with zero attached hydrogens (tertiary/aromatic N) is 4. The van der Waals surface area contributed by atoms with Crippen LogP contribution in [0.3, 0.4) is 0 Å². The Hall–Kier alpha value is -9.42. The Balaban J connectivity index is 1.00. The van der Waals surface area contributed by atoms with Crippen LogP contribution in [0.15, 0.2) is 151 Å². The summed E-state index contributed by atoms with van der Waals surface area (Å²) in [5.74, 6) is 11.3. The van der Waals surface area contributed by atoms with Gasteiger partial charge in [-0.05, 0) is 180 Å². The van der Waals surface area contributed by atoms with Gasteiger partial charge in [0.2, 0.25) is 0 Å². The van der Waals surface area contributed by atoms with Crippen molar-refractivity contribution in [1.82, 2.24) is 8.75 Å². The summed E-state index contributed by atoms with van der Waals surface area (Å²) in [5.41, 5.74) is 16.5. The Morgan fingerprint density at radius 3 is 1.75 bits per heavy atom. The van der Waals surface area contributed by atoms with E-state index in [1.165, 1.54) is 104 Å². The molecule has 0 radical (unpaired) electrons. The molecule has 4 aromatic heterocycles. The third-order valence-corrected chi connectivity index (χ3v) is 21.6. The van der Waals surface area contributed by atoms with Gasteiger partial charge in [-0.3, -0.25) is 0 Å². The van der Waals surface area contributed by atoms with Gasteiger partial charge in [0.15, 0.2) is 0 Å². The number of hydrogen-bond acceptors (Lipinski definition) is 11. The first-order valence-corrected chi connectivity index (χ1v) is 34.2. The first-order valence-electron chi connectivity index (χ1n) is 31.0. The summed E-state index contributed by atoms with van der Waals surface area (Å²) in [7, 11) is 0. The number of carboxylic acid groups (broad SMARTS) is 1. The Labute approximate surface area is 551 Å². The van der Waals surface area contributed by atoms with Crippen molar-refractivity contribution in [1.29, 1.82) is 5.26 Å². The maximum atomic E-state index is 11.7. The number of fused-ring (bicyclic) bond motifs is 4. The normalized spacial score (nSPS) is 13.7. The van der Waals surface area contributed by atoms with Crippen LogP contribution in [0.4, 0.5) is 17.1 Å². The molecule has 0 aliphatic heterocycles. The van der Waals surface area contributed by atoms with Gasteiger partial charge in [0.05, 0.1) is 11.7 Å². The fraction of sp³-hybridized carbons (Fsp3) is 0.241. The van der Waals surface area contributed by atoms with E-state index in [1.807, 2.05) is 59.9 Å². The number of rotatable bonds is 24. The first-order chi connectivity index (χ1) is 44.4. The van der Waals surface area contributed by atoms with E-state index in [4.69, 9.17) is 31.1 Å². The van der Waals surface area contributed by atoms with E-state index in [2.05, 4.69) is 191 Å². The zero-order valence-electron chi connectivity index (χ0n) is 51.9. The van der Waals surface area contributed by atoms with Gasteiger partial charge in [-0.2, -0.15) is 14.0 Å². The van der Waals surface area contributed by atoms with E-state index in [0.717, 1.165) is 103 Å². The Bertz CT molecular complexity index is 4590. The minimum Gasteiger partial charge on any atom is -0.477 e. The molecule has 1 aliphatic rings. The predicted molar refractivity (Wildman–Crippen MR) is 380 cm³/mol. The molecule has 10 aromatic rings. The molecule has 2 atom stereocenters. The monoisotopic (exact) mass is 1260 g/mol. The average molecular weight is 1270 g/mol. The maximum Gasteiger partial charge on any atom is 0.346 e. The Morgan fingerprint density at radius 2 is 1.19 bits per heavy atom. The van der Waals surface area contributed by atoms with Crippen molar-refractivity contribution in [2.24, 2.45) is 11.8 Å². The van der Waals surface area contributed by atoms with Crippen molar-refractivity contribution in [2.75, 3.05) is 4.90 Å². The molecule has 8 nitrogen and oxygen atoms in total. The molecule has 0 saturated carbocycles. The summed E-state index contributed by atoms with van der Waals surface area (Å²) >= 11 is 6.47. The van der Waals surface area contributed by atoms with Crippen LogP contribution in [-0.4, -0.2) is 19.8 Å². The molecule has 0 amide bonds. The summed E-state index contributed by atoms with van der Waals surface area (Å²) in [5, 5.41) is 19.0. The van der Waals surface area contributed by atoms with Crippen LogP contribution in [0, 0.1) is 85.8 Å².